The fraction of sp³-hybridized carbons (Fsp3) is 0.667. The van der Waals surface area contributed by atoms with E-state index in [1.54, 1.807) is 17.9 Å². The lowest BCUT2D eigenvalue weighted by Crippen LogP contribution is -2.43. The number of anilines is 1. The third-order valence-corrected chi connectivity index (χ3v) is 4.99. The van der Waals surface area contributed by atoms with Crippen molar-refractivity contribution in [1.29, 1.82) is 0 Å². The number of piperidine rings is 1. The van der Waals surface area contributed by atoms with Crippen molar-refractivity contribution in [3.05, 3.63) is 11.9 Å². The highest BCUT2D eigenvalue weighted by atomic mass is 32.2. The number of hydrogen-bond acceptors (Lipinski definition) is 4. The predicted octanol–water partition coefficient (Wildman–Crippen LogP) is 0.339. The van der Waals surface area contributed by atoms with Crippen molar-refractivity contribution < 1.29 is 13.2 Å². The molecule has 2 heterocycles. The smallest absolute Gasteiger partial charge is 0.228 e. The monoisotopic (exact) mass is 300 g/mol. The number of aromatic nitrogens is 2. The number of carbonyl (C=O) groups is 1. The van der Waals surface area contributed by atoms with Gasteiger partial charge in [-0.15, -0.1) is 0 Å². The molecular weight excluding hydrogens is 280 g/mol. The van der Waals surface area contributed by atoms with Crippen molar-refractivity contribution in [2.75, 3.05) is 24.7 Å². The molecule has 20 heavy (non-hydrogen) atoms. The number of carbonyl (C=O) groups excluding carboxylic acids is 1. The molecule has 7 nitrogen and oxygen atoms in total. The van der Waals surface area contributed by atoms with E-state index in [9.17, 15) is 13.2 Å². The van der Waals surface area contributed by atoms with Gasteiger partial charge in [-0.2, -0.15) is 5.10 Å². The van der Waals surface area contributed by atoms with Crippen molar-refractivity contribution in [2.45, 2.75) is 19.8 Å². The van der Waals surface area contributed by atoms with Crippen molar-refractivity contribution in [3.8, 4) is 0 Å². The summed E-state index contributed by atoms with van der Waals surface area (Å²) < 4.78 is 26.2. The minimum Gasteiger partial charge on any atom is -0.323 e. The Morgan fingerprint density at radius 3 is 2.75 bits per heavy atom. The predicted molar refractivity (Wildman–Crippen MR) is 75.7 cm³/mol. The number of amides is 1. The second-order valence-corrected chi connectivity index (χ2v) is 7.20. The number of nitrogens with one attached hydrogen (secondary N) is 1. The molecule has 112 valence electrons. The van der Waals surface area contributed by atoms with Crippen molar-refractivity contribution in [2.24, 2.45) is 13.0 Å². The van der Waals surface area contributed by atoms with E-state index in [0.717, 1.165) is 5.69 Å². The second kappa shape index (κ2) is 5.53. The summed E-state index contributed by atoms with van der Waals surface area (Å²) in [5.74, 6) is -0.451. The molecule has 0 unspecified atom stereocenters. The van der Waals surface area contributed by atoms with Crippen LogP contribution in [0, 0.1) is 12.8 Å². The molecule has 1 fully saturated rings. The standard InChI is InChI=1S/C12H20N4O3S/c1-9-11(7-13-15(9)2)14-12(17)10-5-4-6-16(8-10)20(3,18)19/h7,10H,4-6,8H2,1-3H3,(H,14,17)/t10-/m1/s1. The van der Waals surface area contributed by atoms with Crippen molar-refractivity contribution >= 4 is 21.6 Å². The summed E-state index contributed by atoms with van der Waals surface area (Å²) in [6, 6.07) is 0. The van der Waals surface area contributed by atoms with Gasteiger partial charge in [0.1, 0.15) is 0 Å². The van der Waals surface area contributed by atoms with Crippen LogP contribution in [0.5, 0.6) is 0 Å². The Kier molecular flexibility index (Phi) is 4.14. The Morgan fingerprint density at radius 2 is 2.20 bits per heavy atom. The van der Waals surface area contributed by atoms with Gasteiger partial charge in [0.25, 0.3) is 0 Å². The van der Waals surface area contributed by atoms with Crippen LogP contribution in [-0.4, -0.2) is 47.8 Å². The fourth-order valence-electron chi connectivity index (χ4n) is 2.31. The Balaban J connectivity index is 2.04. The number of sulfonamides is 1. The lowest BCUT2D eigenvalue weighted by molar-refractivity contribution is -0.120. The van der Waals surface area contributed by atoms with E-state index in [2.05, 4.69) is 10.4 Å². The van der Waals surface area contributed by atoms with Gasteiger partial charge in [-0.1, -0.05) is 0 Å². The van der Waals surface area contributed by atoms with E-state index in [1.165, 1.54) is 10.6 Å². The zero-order chi connectivity index (χ0) is 14.9. The van der Waals surface area contributed by atoms with Gasteiger partial charge >= 0.3 is 0 Å². The highest BCUT2D eigenvalue weighted by Gasteiger charge is 2.30. The van der Waals surface area contributed by atoms with Gasteiger partial charge in [0, 0.05) is 20.1 Å². The molecule has 1 atom stereocenters. The zero-order valence-electron chi connectivity index (χ0n) is 12.0. The first-order valence-electron chi connectivity index (χ1n) is 6.53. The summed E-state index contributed by atoms with van der Waals surface area (Å²) in [5.41, 5.74) is 1.54. The van der Waals surface area contributed by atoms with Gasteiger partial charge in [0.15, 0.2) is 0 Å². The molecular formula is C12H20N4O3S. The van der Waals surface area contributed by atoms with E-state index in [0.29, 0.717) is 25.1 Å². The van der Waals surface area contributed by atoms with Gasteiger partial charge in [0.2, 0.25) is 15.9 Å². The lowest BCUT2D eigenvalue weighted by Gasteiger charge is -2.30. The normalized spacial score (nSPS) is 20.9. The first kappa shape index (κ1) is 15.0. The zero-order valence-corrected chi connectivity index (χ0v) is 12.8. The van der Waals surface area contributed by atoms with E-state index < -0.39 is 10.0 Å². The lowest BCUT2D eigenvalue weighted by atomic mass is 9.99. The van der Waals surface area contributed by atoms with E-state index in [1.807, 2.05) is 6.92 Å². The molecule has 1 aliphatic rings. The van der Waals surface area contributed by atoms with Crippen LogP contribution < -0.4 is 5.32 Å². The van der Waals surface area contributed by atoms with Crippen LogP contribution in [0.3, 0.4) is 0 Å². The molecule has 1 saturated heterocycles. The molecule has 0 spiro atoms. The molecule has 0 bridgehead atoms. The van der Waals surface area contributed by atoms with E-state index in [4.69, 9.17) is 0 Å². The first-order chi connectivity index (χ1) is 9.29. The molecule has 0 aliphatic carbocycles. The van der Waals surface area contributed by atoms with Crippen molar-refractivity contribution in [3.63, 3.8) is 0 Å². The third kappa shape index (κ3) is 3.18. The summed E-state index contributed by atoms with van der Waals surface area (Å²) in [4.78, 5) is 12.2. The van der Waals surface area contributed by atoms with Crippen LogP contribution in [0.2, 0.25) is 0 Å². The molecule has 0 radical (unpaired) electrons. The SMILES string of the molecule is Cc1c(NC(=O)[C@@H]2CCCN(S(C)(=O)=O)C2)cnn1C. The number of hydrogen-bond donors (Lipinski definition) is 1. The van der Waals surface area contributed by atoms with Crippen LogP contribution in [0.4, 0.5) is 5.69 Å². The Labute approximate surface area is 119 Å². The first-order valence-corrected chi connectivity index (χ1v) is 8.38. The van der Waals surface area contributed by atoms with Gasteiger partial charge in [-0.25, -0.2) is 12.7 Å². The van der Waals surface area contributed by atoms with Crippen LogP contribution >= 0.6 is 0 Å². The van der Waals surface area contributed by atoms with Crippen LogP contribution in [0.1, 0.15) is 18.5 Å². The Bertz CT molecular complexity index is 608. The number of rotatable bonds is 3. The molecule has 2 rings (SSSR count). The average Bonchev–Trinajstić information content (AvgIpc) is 2.70. The molecule has 0 aromatic carbocycles. The van der Waals surface area contributed by atoms with Crippen LogP contribution in [0.25, 0.3) is 0 Å². The third-order valence-electron chi connectivity index (χ3n) is 3.72. The van der Waals surface area contributed by atoms with Crippen LogP contribution in [-0.2, 0) is 21.9 Å². The topological polar surface area (TPSA) is 84.3 Å². The summed E-state index contributed by atoms with van der Waals surface area (Å²) in [7, 11) is -1.43. The van der Waals surface area contributed by atoms with Crippen LogP contribution in [0.15, 0.2) is 6.20 Å². The highest BCUT2D eigenvalue weighted by molar-refractivity contribution is 7.88. The molecule has 1 N–H and O–H groups in total. The van der Waals surface area contributed by atoms with Crippen molar-refractivity contribution in [1.82, 2.24) is 14.1 Å². The Hall–Kier alpha value is -1.41. The van der Waals surface area contributed by atoms with E-state index >= 15 is 0 Å². The molecule has 8 heteroatoms. The molecule has 1 aliphatic heterocycles. The molecule has 1 aromatic rings. The quantitative estimate of drug-likeness (QED) is 0.872. The fourth-order valence-corrected chi connectivity index (χ4v) is 3.23. The maximum absolute atomic E-state index is 12.2. The summed E-state index contributed by atoms with van der Waals surface area (Å²) in [6.07, 6.45) is 4.19. The largest absolute Gasteiger partial charge is 0.323 e. The summed E-state index contributed by atoms with van der Waals surface area (Å²) in [5, 5.41) is 6.89. The highest BCUT2D eigenvalue weighted by Crippen LogP contribution is 2.21. The molecule has 1 aromatic heterocycles. The maximum atomic E-state index is 12.2. The number of nitrogens with zero attached hydrogens (tertiary/aromatic N) is 3. The summed E-state index contributed by atoms with van der Waals surface area (Å²) >= 11 is 0. The number of aryl methyl sites for hydroxylation is 1. The van der Waals surface area contributed by atoms with E-state index in [-0.39, 0.29) is 18.4 Å². The second-order valence-electron chi connectivity index (χ2n) is 5.22. The minimum atomic E-state index is -3.23. The van der Waals surface area contributed by atoms with Gasteiger partial charge in [-0.05, 0) is 19.8 Å². The minimum absolute atomic E-state index is 0.144. The summed E-state index contributed by atoms with van der Waals surface area (Å²) in [6.45, 7) is 2.62. The van der Waals surface area contributed by atoms with Gasteiger partial charge in [-0.3, -0.25) is 9.48 Å². The Morgan fingerprint density at radius 1 is 1.50 bits per heavy atom. The molecule has 1 amide bonds. The maximum Gasteiger partial charge on any atom is 0.228 e. The average molecular weight is 300 g/mol. The van der Waals surface area contributed by atoms with Gasteiger partial charge < -0.3 is 5.32 Å². The molecule has 0 saturated carbocycles. The van der Waals surface area contributed by atoms with Gasteiger partial charge in [0.05, 0.1) is 29.8 Å².